The lowest BCUT2D eigenvalue weighted by molar-refractivity contribution is 0.0718. The van der Waals surface area contributed by atoms with Gasteiger partial charge in [-0.3, -0.25) is 0 Å². The van der Waals surface area contributed by atoms with Gasteiger partial charge < -0.3 is 19.5 Å². The molecule has 3 unspecified atom stereocenters. The van der Waals surface area contributed by atoms with Crippen molar-refractivity contribution in [3.63, 3.8) is 0 Å². The summed E-state index contributed by atoms with van der Waals surface area (Å²) >= 11 is 0. The summed E-state index contributed by atoms with van der Waals surface area (Å²) < 4.78 is 11.8. The van der Waals surface area contributed by atoms with Crippen molar-refractivity contribution in [1.82, 2.24) is 4.90 Å². The van der Waals surface area contributed by atoms with Crippen LogP contribution in [0.25, 0.3) is 0 Å². The summed E-state index contributed by atoms with van der Waals surface area (Å²) in [5.74, 6) is 2.34. The average Bonchev–Trinajstić information content (AvgIpc) is 2.95. The van der Waals surface area contributed by atoms with Gasteiger partial charge in [0.2, 0.25) is 0 Å². The van der Waals surface area contributed by atoms with Gasteiger partial charge in [-0.05, 0) is 42.3 Å². The van der Waals surface area contributed by atoms with Crippen LogP contribution in [-0.4, -0.2) is 42.9 Å². The molecular formula is C27H31NO3. The lowest BCUT2D eigenvalue weighted by Gasteiger charge is -2.30. The summed E-state index contributed by atoms with van der Waals surface area (Å²) in [5, 5.41) is 10.5. The summed E-state index contributed by atoms with van der Waals surface area (Å²) in [6, 6.07) is 26.6. The molecule has 162 valence electrons. The number of aliphatic hydroxyl groups excluding tert-OH is 1. The van der Waals surface area contributed by atoms with Gasteiger partial charge in [-0.2, -0.15) is 0 Å². The van der Waals surface area contributed by atoms with Crippen LogP contribution in [0, 0.1) is 5.92 Å². The summed E-state index contributed by atoms with van der Waals surface area (Å²) in [7, 11) is 2.06. The third-order valence-corrected chi connectivity index (χ3v) is 5.90. The normalized spacial score (nSPS) is 17.1. The summed E-state index contributed by atoms with van der Waals surface area (Å²) in [6.07, 6.45) is -0.547. The van der Waals surface area contributed by atoms with E-state index in [9.17, 15) is 5.11 Å². The van der Waals surface area contributed by atoms with Crippen LogP contribution in [0.15, 0.2) is 78.9 Å². The Hall–Kier alpha value is -2.82. The van der Waals surface area contributed by atoms with Gasteiger partial charge in [0.15, 0.2) is 0 Å². The molecule has 4 nitrogen and oxygen atoms in total. The molecule has 0 aromatic heterocycles. The molecule has 0 saturated carbocycles. The van der Waals surface area contributed by atoms with Gasteiger partial charge in [0, 0.05) is 24.6 Å². The molecule has 0 radical (unpaired) electrons. The van der Waals surface area contributed by atoms with E-state index >= 15 is 0 Å². The lowest BCUT2D eigenvalue weighted by atomic mass is 9.79. The first-order valence-electron chi connectivity index (χ1n) is 11.0. The minimum Gasteiger partial charge on any atom is -0.491 e. The molecule has 1 heterocycles. The number of hydrogen-bond donors (Lipinski definition) is 1. The molecule has 0 fully saturated rings. The highest BCUT2D eigenvalue weighted by molar-refractivity contribution is 5.47. The van der Waals surface area contributed by atoms with E-state index in [1.165, 1.54) is 16.7 Å². The minimum absolute atomic E-state index is 0.245. The SMILES string of the molecule is CC(CN(C)CC(O)COc1ccccc1)C1c2ccccc2COc2ccccc21. The van der Waals surface area contributed by atoms with E-state index in [-0.39, 0.29) is 12.5 Å². The second kappa shape index (κ2) is 9.99. The smallest absolute Gasteiger partial charge is 0.123 e. The van der Waals surface area contributed by atoms with Crippen LogP contribution < -0.4 is 9.47 Å². The zero-order valence-corrected chi connectivity index (χ0v) is 18.3. The highest BCUT2D eigenvalue weighted by atomic mass is 16.5. The maximum absolute atomic E-state index is 10.5. The van der Waals surface area contributed by atoms with Crippen molar-refractivity contribution in [3.05, 3.63) is 95.6 Å². The van der Waals surface area contributed by atoms with Crippen LogP contribution in [0.5, 0.6) is 11.5 Å². The molecule has 3 aromatic rings. The number of para-hydroxylation sites is 2. The Labute approximate surface area is 185 Å². The third kappa shape index (κ3) is 5.27. The Morgan fingerprint density at radius 2 is 1.61 bits per heavy atom. The zero-order valence-electron chi connectivity index (χ0n) is 18.3. The van der Waals surface area contributed by atoms with Crippen molar-refractivity contribution in [1.29, 1.82) is 0 Å². The molecule has 3 atom stereocenters. The van der Waals surface area contributed by atoms with Gasteiger partial charge in [-0.1, -0.05) is 67.6 Å². The van der Waals surface area contributed by atoms with Crippen LogP contribution >= 0.6 is 0 Å². The molecular weight excluding hydrogens is 386 g/mol. The predicted octanol–water partition coefficient (Wildman–Crippen LogP) is 4.72. The Kier molecular flexibility index (Phi) is 6.90. The van der Waals surface area contributed by atoms with E-state index in [0.717, 1.165) is 18.0 Å². The van der Waals surface area contributed by atoms with Crippen molar-refractivity contribution in [3.8, 4) is 11.5 Å². The maximum atomic E-state index is 10.5. The van der Waals surface area contributed by atoms with Crippen molar-refractivity contribution in [2.45, 2.75) is 25.6 Å². The second-order valence-electron chi connectivity index (χ2n) is 8.48. The standard InChI is InChI=1S/C27H31NO3/c1-20(16-28(2)17-22(29)19-30-23-11-4-3-5-12-23)27-24-13-7-6-10-21(24)18-31-26-15-9-8-14-25(26)27/h3-15,20,22,27,29H,16-19H2,1-2H3. The topological polar surface area (TPSA) is 41.9 Å². The molecule has 4 heteroatoms. The number of hydrogen-bond acceptors (Lipinski definition) is 4. The van der Waals surface area contributed by atoms with E-state index in [1.54, 1.807) is 0 Å². The fourth-order valence-electron chi connectivity index (χ4n) is 4.57. The Balaban J connectivity index is 1.43. The third-order valence-electron chi connectivity index (χ3n) is 5.90. The lowest BCUT2D eigenvalue weighted by Crippen LogP contribution is -2.36. The highest BCUT2D eigenvalue weighted by Crippen LogP contribution is 2.41. The quantitative estimate of drug-likeness (QED) is 0.576. The molecule has 4 rings (SSSR count). The van der Waals surface area contributed by atoms with E-state index in [1.807, 2.05) is 36.4 Å². The molecule has 0 spiro atoms. The fraction of sp³-hybridized carbons (Fsp3) is 0.333. The monoisotopic (exact) mass is 417 g/mol. The van der Waals surface area contributed by atoms with E-state index in [2.05, 4.69) is 61.3 Å². The van der Waals surface area contributed by atoms with Crippen molar-refractivity contribution in [2.75, 3.05) is 26.7 Å². The van der Waals surface area contributed by atoms with Gasteiger partial charge in [0.1, 0.15) is 30.8 Å². The first kappa shape index (κ1) is 21.4. The Morgan fingerprint density at radius 3 is 2.42 bits per heavy atom. The fourth-order valence-corrected chi connectivity index (χ4v) is 4.57. The first-order chi connectivity index (χ1) is 15.1. The summed E-state index contributed by atoms with van der Waals surface area (Å²) in [6.45, 7) is 4.58. The molecule has 3 aromatic carbocycles. The van der Waals surface area contributed by atoms with Crippen molar-refractivity contribution < 1.29 is 14.6 Å². The summed E-state index contributed by atoms with van der Waals surface area (Å²) in [4.78, 5) is 2.20. The zero-order chi connectivity index (χ0) is 21.6. The molecule has 1 aliphatic heterocycles. The van der Waals surface area contributed by atoms with Crippen molar-refractivity contribution in [2.24, 2.45) is 5.92 Å². The van der Waals surface area contributed by atoms with Crippen molar-refractivity contribution >= 4 is 0 Å². The predicted molar refractivity (Wildman–Crippen MR) is 124 cm³/mol. The van der Waals surface area contributed by atoms with Crippen LogP contribution in [0.4, 0.5) is 0 Å². The molecule has 0 saturated heterocycles. The average molecular weight is 418 g/mol. The van der Waals surface area contributed by atoms with Gasteiger partial charge in [-0.25, -0.2) is 0 Å². The summed E-state index contributed by atoms with van der Waals surface area (Å²) in [5.41, 5.74) is 3.82. The first-order valence-corrected chi connectivity index (χ1v) is 11.0. The van der Waals surface area contributed by atoms with E-state index in [4.69, 9.17) is 9.47 Å². The largest absolute Gasteiger partial charge is 0.491 e. The number of likely N-dealkylation sites (N-methyl/N-ethyl adjacent to an activating group) is 1. The van der Waals surface area contributed by atoms with Crippen LogP contribution in [-0.2, 0) is 6.61 Å². The Morgan fingerprint density at radius 1 is 0.935 bits per heavy atom. The molecule has 1 N–H and O–H groups in total. The van der Waals surface area contributed by atoms with Gasteiger partial charge in [0.05, 0.1) is 0 Å². The number of nitrogens with zero attached hydrogens (tertiary/aromatic N) is 1. The van der Waals surface area contributed by atoms with Gasteiger partial charge in [-0.15, -0.1) is 0 Å². The van der Waals surface area contributed by atoms with Crippen LogP contribution in [0.3, 0.4) is 0 Å². The number of benzene rings is 3. The number of ether oxygens (including phenoxy) is 2. The maximum Gasteiger partial charge on any atom is 0.123 e. The molecule has 0 aliphatic carbocycles. The highest BCUT2D eigenvalue weighted by Gasteiger charge is 2.29. The molecule has 31 heavy (non-hydrogen) atoms. The number of rotatable bonds is 8. The van der Waals surface area contributed by atoms with Crippen LogP contribution in [0.2, 0.25) is 0 Å². The molecule has 0 amide bonds. The Bertz CT molecular complexity index is 927. The molecule has 1 aliphatic rings. The number of fused-ring (bicyclic) bond motifs is 2. The molecule has 0 bridgehead atoms. The minimum atomic E-state index is -0.547. The number of aliphatic hydroxyl groups is 1. The van der Waals surface area contributed by atoms with E-state index < -0.39 is 6.10 Å². The second-order valence-corrected chi connectivity index (χ2v) is 8.48. The van der Waals surface area contributed by atoms with Crippen LogP contribution in [0.1, 0.15) is 29.5 Å². The van der Waals surface area contributed by atoms with Gasteiger partial charge in [0.25, 0.3) is 0 Å². The van der Waals surface area contributed by atoms with E-state index in [0.29, 0.717) is 19.1 Å². The van der Waals surface area contributed by atoms with Gasteiger partial charge >= 0.3 is 0 Å².